The third-order valence-corrected chi connectivity index (χ3v) is 3.23. The Balaban J connectivity index is 2.29. The predicted molar refractivity (Wildman–Crippen MR) is 55.2 cm³/mol. The van der Waals surface area contributed by atoms with E-state index in [2.05, 4.69) is 19.9 Å². The third-order valence-electron chi connectivity index (χ3n) is 3.23. The maximum Gasteiger partial charge on any atom is 0.0689 e. The van der Waals surface area contributed by atoms with E-state index >= 15 is 0 Å². The molecule has 0 spiro atoms. The van der Waals surface area contributed by atoms with E-state index in [9.17, 15) is 0 Å². The van der Waals surface area contributed by atoms with Gasteiger partial charge in [0.25, 0.3) is 0 Å². The van der Waals surface area contributed by atoms with Crippen LogP contribution in [0.1, 0.15) is 58.8 Å². The monoisotopic (exact) mass is 179 g/mol. The van der Waals surface area contributed by atoms with Crippen LogP contribution in [0.15, 0.2) is 0 Å². The van der Waals surface area contributed by atoms with Gasteiger partial charge in [0, 0.05) is 0 Å². The van der Waals surface area contributed by atoms with Crippen molar-refractivity contribution >= 4 is 0 Å². The maximum atomic E-state index is 9.13. The molecule has 1 aliphatic rings. The summed E-state index contributed by atoms with van der Waals surface area (Å²) in [7, 11) is 0. The molecule has 1 fully saturated rings. The molecule has 0 N–H and O–H groups in total. The van der Waals surface area contributed by atoms with Gasteiger partial charge in [-0.25, -0.2) is 0 Å². The van der Waals surface area contributed by atoms with Crippen LogP contribution < -0.4 is 0 Å². The van der Waals surface area contributed by atoms with Gasteiger partial charge in [0.15, 0.2) is 0 Å². The van der Waals surface area contributed by atoms with E-state index < -0.39 is 0 Å². The molecule has 0 amide bonds. The Kier molecular flexibility index (Phi) is 3.78. The Labute approximate surface area is 82.1 Å². The molecule has 0 aromatic rings. The summed E-state index contributed by atoms with van der Waals surface area (Å²) in [6.07, 6.45) is 8.52. The minimum absolute atomic E-state index is 0.0783. The third kappa shape index (κ3) is 3.03. The van der Waals surface area contributed by atoms with Crippen molar-refractivity contribution in [3.8, 4) is 6.07 Å². The second-order valence-corrected chi connectivity index (χ2v) is 4.89. The van der Waals surface area contributed by atoms with Crippen molar-refractivity contribution in [2.45, 2.75) is 58.8 Å². The van der Waals surface area contributed by atoms with Gasteiger partial charge in [0.1, 0.15) is 0 Å². The molecule has 0 atom stereocenters. The van der Waals surface area contributed by atoms with Crippen LogP contribution in [0.3, 0.4) is 0 Å². The smallest absolute Gasteiger partial charge is 0.0689 e. The highest BCUT2D eigenvalue weighted by Gasteiger charge is 2.32. The van der Waals surface area contributed by atoms with Gasteiger partial charge in [0.2, 0.25) is 0 Å². The van der Waals surface area contributed by atoms with E-state index in [1.807, 2.05) is 0 Å². The van der Waals surface area contributed by atoms with E-state index in [0.29, 0.717) is 0 Å². The molecule has 1 saturated carbocycles. The zero-order chi connectivity index (χ0) is 9.73. The van der Waals surface area contributed by atoms with Crippen molar-refractivity contribution in [3.63, 3.8) is 0 Å². The fourth-order valence-corrected chi connectivity index (χ4v) is 2.32. The molecule has 0 radical (unpaired) electrons. The van der Waals surface area contributed by atoms with Crippen LogP contribution in [0.2, 0.25) is 0 Å². The molecular formula is C12H21N. The quantitative estimate of drug-likeness (QED) is 0.642. The lowest BCUT2D eigenvalue weighted by Gasteiger charge is -2.20. The van der Waals surface area contributed by atoms with Crippen molar-refractivity contribution in [2.75, 3.05) is 0 Å². The van der Waals surface area contributed by atoms with Crippen LogP contribution in [-0.4, -0.2) is 0 Å². The number of hydrogen-bond donors (Lipinski definition) is 0. The lowest BCUT2D eigenvalue weighted by Crippen LogP contribution is -2.13. The average Bonchev–Trinajstić information content (AvgIpc) is 2.53. The minimum Gasteiger partial charge on any atom is -0.198 e. The molecule has 0 aromatic heterocycles. The van der Waals surface area contributed by atoms with Crippen LogP contribution in [0.4, 0.5) is 0 Å². The van der Waals surface area contributed by atoms with Gasteiger partial charge in [-0.2, -0.15) is 5.26 Å². The van der Waals surface area contributed by atoms with Crippen LogP contribution in [0.25, 0.3) is 0 Å². The first-order valence-corrected chi connectivity index (χ1v) is 5.60. The molecule has 0 heterocycles. The lowest BCUT2D eigenvalue weighted by molar-refractivity contribution is 0.347. The minimum atomic E-state index is 0.0783. The first-order chi connectivity index (χ1) is 6.18. The summed E-state index contributed by atoms with van der Waals surface area (Å²) < 4.78 is 0. The predicted octanol–water partition coefficient (Wildman–Crippen LogP) is 3.90. The highest BCUT2D eigenvalue weighted by Crippen LogP contribution is 2.41. The van der Waals surface area contributed by atoms with Crippen LogP contribution in [-0.2, 0) is 0 Å². The summed E-state index contributed by atoms with van der Waals surface area (Å²) in [6, 6.07) is 2.55. The summed E-state index contributed by atoms with van der Waals surface area (Å²) in [4.78, 5) is 0. The molecule has 1 nitrogen and oxygen atoms in total. The van der Waals surface area contributed by atoms with Gasteiger partial charge in [-0.1, -0.05) is 39.5 Å². The van der Waals surface area contributed by atoms with Gasteiger partial charge in [0.05, 0.1) is 11.5 Å². The van der Waals surface area contributed by atoms with Crippen LogP contribution in [0.5, 0.6) is 0 Å². The summed E-state index contributed by atoms with van der Waals surface area (Å²) in [6.45, 7) is 4.52. The van der Waals surface area contributed by atoms with Crippen molar-refractivity contribution < 1.29 is 0 Å². The summed E-state index contributed by atoms with van der Waals surface area (Å²) in [5.41, 5.74) is 0.0783. The Morgan fingerprint density at radius 1 is 1.31 bits per heavy atom. The first kappa shape index (κ1) is 10.6. The summed E-state index contributed by atoms with van der Waals surface area (Å²) in [5, 5.41) is 9.13. The van der Waals surface area contributed by atoms with E-state index in [1.54, 1.807) is 0 Å². The number of rotatable bonds is 4. The Hall–Kier alpha value is -0.510. The number of nitrogens with zero attached hydrogens (tertiary/aromatic N) is 1. The molecule has 1 rings (SSSR count). The molecule has 0 unspecified atom stereocenters. The summed E-state index contributed by atoms with van der Waals surface area (Å²) in [5.74, 6) is 0.789. The molecule has 0 saturated heterocycles. The van der Waals surface area contributed by atoms with Crippen LogP contribution in [0, 0.1) is 22.7 Å². The van der Waals surface area contributed by atoms with Crippen molar-refractivity contribution in [1.82, 2.24) is 0 Å². The van der Waals surface area contributed by atoms with Gasteiger partial charge >= 0.3 is 0 Å². The van der Waals surface area contributed by atoms with Gasteiger partial charge < -0.3 is 0 Å². The normalized spacial score (nSPS) is 20.5. The zero-order valence-corrected chi connectivity index (χ0v) is 8.97. The highest BCUT2D eigenvalue weighted by atomic mass is 14.4. The molecule has 1 heteroatoms. The largest absolute Gasteiger partial charge is 0.198 e. The molecule has 1 aliphatic carbocycles. The van der Waals surface area contributed by atoms with E-state index in [4.69, 9.17) is 5.26 Å². The van der Waals surface area contributed by atoms with Crippen molar-refractivity contribution in [3.05, 3.63) is 0 Å². The Bertz CT molecular complexity index is 182. The molecule has 0 aliphatic heterocycles. The Morgan fingerprint density at radius 3 is 2.38 bits per heavy atom. The highest BCUT2D eigenvalue weighted by molar-refractivity contribution is 5.01. The molecule has 0 aromatic carbocycles. The topological polar surface area (TPSA) is 23.8 Å². The number of hydrogen-bond acceptors (Lipinski definition) is 1. The van der Waals surface area contributed by atoms with Gasteiger partial charge in [-0.15, -0.1) is 0 Å². The van der Waals surface area contributed by atoms with E-state index in [-0.39, 0.29) is 5.41 Å². The molecule has 0 bridgehead atoms. The molecule has 74 valence electrons. The molecular weight excluding hydrogens is 158 g/mol. The SMILES string of the molecule is CC(C)CCCC1(C#N)CCCC1. The lowest BCUT2D eigenvalue weighted by atomic mass is 9.82. The fraction of sp³-hybridized carbons (Fsp3) is 0.917. The van der Waals surface area contributed by atoms with E-state index in [0.717, 1.165) is 25.2 Å². The Morgan fingerprint density at radius 2 is 1.92 bits per heavy atom. The van der Waals surface area contributed by atoms with Crippen LogP contribution >= 0.6 is 0 Å². The summed E-state index contributed by atoms with van der Waals surface area (Å²) >= 11 is 0. The standard InChI is InChI=1S/C12H21N/c1-11(2)6-5-9-12(10-13)7-3-4-8-12/h11H,3-9H2,1-2H3. The molecule has 13 heavy (non-hydrogen) atoms. The van der Waals surface area contributed by atoms with Crippen molar-refractivity contribution in [2.24, 2.45) is 11.3 Å². The van der Waals surface area contributed by atoms with Gasteiger partial charge in [-0.3, -0.25) is 0 Å². The zero-order valence-electron chi connectivity index (χ0n) is 8.97. The van der Waals surface area contributed by atoms with E-state index in [1.165, 1.54) is 25.7 Å². The average molecular weight is 179 g/mol. The number of nitriles is 1. The fourth-order valence-electron chi connectivity index (χ4n) is 2.32. The maximum absolute atomic E-state index is 9.13. The second kappa shape index (κ2) is 4.65. The first-order valence-electron chi connectivity index (χ1n) is 5.60. The van der Waals surface area contributed by atoms with Gasteiger partial charge in [-0.05, 0) is 25.2 Å². The van der Waals surface area contributed by atoms with Crippen molar-refractivity contribution in [1.29, 1.82) is 5.26 Å². The second-order valence-electron chi connectivity index (χ2n) is 4.89.